The number of pyridine rings is 1. The van der Waals surface area contributed by atoms with Gasteiger partial charge in [0.2, 0.25) is 5.91 Å². The van der Waals surface area contributed by atoms with Crippen molar-refractivity contribution in [3.63, 3.8) is 0 Å². The Kier molecular flexibility index (Phi) is 5.06. The average molecular weight is 696 g/mol. The zero-order chi connectivity index (χ0) is 23.0. The summed E-state index contributed by atoms with van der Waals surface area (Å²) in [6, 6.07) is 12.5. The minimum atomic E-state index is -0.109. The maximum Gasteiger partial charge on any atom is 0.139 e. The third-order valence-corrected chi connectivity index (χ3v) is 12.0. The number of hydrogen-bond donors (Lipinski definition) is 2. The van der Waals surface area contributed by atoms with E-state index in [0.29, 0.717) is 36.4 Å². The van der Waals surface area contributed by atoms with Crippen LogP contribution in [0, 0.1) is 9.49 Å². The summed E-state index contributed by atoms with van der Waals surface area (Å²) in [5, 5.41) is 3.68. The van der Waals surface area contributed by atoms with E-state index in [4.69, 9.17) is 21.3 Å². The zero-order valence-electron chi connectivity index (χ0n) is 17.7. The van der Waals surface area contributed by atoms with Crippen LogP contribution in [-0.4, -0.2) is 20.9 Å². The number of amides is 1. The molecule has 9 heteroatoms. The Morgan fingerprint density at radius 3 is 2.94 bits per heavy atom. The number of aromatic amines is 1. The van der Waals surface area contributed by atoms with Crippen LogP contribution in [0.1, 0.15) is 40.8 Å². The van der Waals surface area contributed by atoms with E-state index in [9.17, 15) is 4.79 Å². The Morgan fingerprint density at radius 2 is 2.06 bits per heavy atom. The molecule has 1 fully saturated rings. The van der Waals surface area contributed by atoms with Crippen molar-refractivity contribution in [1.29, 1.82) is 0 Å². The largest absolute Gasteiger partial charge is 0.310 e. The van der Waals surface area contributed by atoms with E-state index >= 15 is 0 Å². The van der Waals surface area contributed by atoms with Crippen molar-refractivity contribution >= 4 is 53.0 Å². The van der Waals surface area contributed by atoms with Gasteiger partial charge >= 0.3 is 165 Å². The van der Waals surface area contributed by atoms with Crippen LogP contribution >= 0.6 is 30.2 Å². The fraction of sp³-hybridized carbons (Fsp3) is 0.240. The van der Waals surface area contributed by atoms with Gasteiger partial charge in [-0.3, -0.25) is 4.79 Å². The molecule has 2 aromatic heterocycles. The van der Waals surface area contributed by atoms with E-state index in [0.717, 1.165) is 45.4 Å². The average Bonchev–Trinajstić information content (AvgIpc) is 3.19. The molecule has 2 aromatic carbocycles. The Morgan fingerprint density at radius 1 is 1.15 bits per heavy atom. The Balaban J connectivity index is 1.17. The number of carbonyl (C=O) groups is 1. The van der Waals surface area contributed by atoms with Gasteiger partial charge in [-0.25, -0.2) is 4.98 Å². The van der Waals surface area contributed by atoms with Gasteiger partial charge in [-0.1, -0.05) is 0 Å². The molecule has 1 saturated carbocycles. The maximum absolute atomic E-state index is 11.7. The first kappa shape index (κ1) is 21.4. The van der Waals surface area contributed by atoms with Crippen molar-refractivity contribution < 1.29 is 26.8 Å². The molecular weight excluding hydrogens is 678 g/mol. The third kappa shape index (κ3) is 3.43. The second kappa shape index (κ2) is 8.06. The second-order valence-corrected chi connectivity index (χ2v) is 13.8. The van der Waals surface area contributed by atoms with Crippen LogP contribution in [0.4, 0.5) is 5.82 Å². The number of imidazole rings is 1. The minimum Gasteiger partial charge on any atom is -0.310 e. The van der Waals surface area contributed by atoms with Gasteiger partial charge < -0.3 is 5.32 Å². The van der Waals surface area contributed by atoms with Gasteiger partial charge in [0.05, 0.1) is 0 Å². The van der Waals surface area contributed by atoms with E-state index in [2.05, 4.69) is 52.1 Å². The topological polar surface area (TPSA) is 79.9 Å². The van der Waals surface area contributed by atoms with Crippen molar-refractivity contribution in [3.05, 3.63) is 73.7 Å². The molecule has 1 amide bonds. The van der Waals surface area contributed by atoms with Gasteiger partial charge in [-0.2, -0.15) is 0 Å². The molecule has 4 aromatic rings. The monoisotopic (exact) mass is 695 g/mol. The number of hydrogen-bond acceptors (Lipinski definition) is 4. The molecule has 0 radical (unpaired) electrons. The van der Waals surface area contributed by atoms with E-state index in [1.807, 2.05) is 18.2 Å². The van der Waals surface area contributed by atoms with Crippen LogP contribution in [-0.2, 0) is 17.6 Å². The molecule has 1 aliphatic heterocycles. The number of benzene rings is 2. The van der Waals surface area contributed by atoms with E-state index in [1.54, 1.807) is 6.20 Å². The summed E-state index contributed by atoms with van der Waals surface area (Å²) in [6.07, 6.45) is 3.84. The summed E-state index contributed by atoms with van der Waals surface area (Å²) in [4.78, 5) is 24.5. The number of aromatic nitrogens is 3. The number of H-pyrrole nitrogens is 1. The molecular formula is C25H18ClI2N4O2-. The molecule has 3 aliphatic rings. The summed E-state index contributed by atoms with van der Waals surface area (Å²) in [5.74, 6) is 4.72. The van der Waals surface area contributed by atoms with Crippen LogP contribution in [0.25, 0.3) is 11.0 Å². The molecule has 0 bridgehead atoms. The Bertz CT molecular complexity index is 1500. The first-order chi connectivity index (χ1) is 16.6. The SMILES string of the molecule is O=C1CCc2c(Oc3ccc4c(c3)[C@H]3C(C4)[C@@H]3c3nc4cc([I-]I)c(Cl)cc4[nH]3)ccnc2N1. The zero-order valence-corrected chi connectivity index (χ0v) is 22.8. The standard InChI is InChI=1S/C25H18ClI2N4O2/c26-16-9-18-19(10-17(16)28-27)31-25(30-18)23-15-7-11-1-2-12(8-14(11)22(15)23)34-20-5-6-29-24-13(20)3-4-21(33)32-24/h1-2,5-6,8-10,15,22-23H,3-4,7H2,(H,30,31)(H,29,32,33)/q-1/t15?,22-,23-/m0/s1. The molecule has 34 heavy (non-hydrogen) atoms. The van der Waals surface area contributed by atoms with Crippen molar-refractivity contribution in [2.75, 3.05) is 5.32 Å². The molecule has 6 nitrogen and oxygen atoms in total. The molecule has 3 atom stereocenters. The van der Waals surface area contributed by atoms with Crippen LogP contribution in [0.15, 0.2) is 42.6 Å². The van der Waals surface area contributed by atoms with Crippen molar-refractivity contribution in [2.45, 2.75) is 31.1 Å². The first-order valence-corrected chi connectivity index (χ1v) is 18.9. The van der Waals surface area contributed by atoms with E-state index < -0.39 is 0 Å². The smallest absolute Gasteiger partial charge is 0.139 e. The molecule has 172 valence electrons. The number of fused-ring (bicyclic) bond motifs is 5. The quantitative estimate of drug-likeness (QED) is 0.322. The fourth-order valence-corrected chi connectivity index (χ4v) is 9.77. The van der Waals surface area contributed by atoms with Crippen LogP contribution in [0.3, 0.4) is 0 Å². The summed E-state index contributed by atoms with van der Waals surface area (Å²) in [5.41, 5.74) is 5.76. The van der Waals surface area contributed by atoms with Crippen LogP contribution in [0.2, 0.25) is 5.02 Å². The van der Waals surface area contributed by atoms with Crippen LogP contribution < -0.4 is 27.3 Å². The number of halogens is 3. The normalized spacial score (nSPS) is 22.3. The fourth-order valence-electron chi connectivity index (χ4n) is 5.53. The Hall–Kier alpha value is -1.92. The van der Waals surface area contributed by atoms with Gasteiger partial charge in [-0.15, -0.1) is 0 Å². The predicted octanol–water partition coefficient (Wildman–Crippen LogP) is 2.95. The third-order valence-electron chi connectivity index (χ3n) is 7.14. The van der Waals surface area contributed by atoms with E-state index in [-0.39, 0.29) is 23.1 Å². The molecule has 0 saturated heterocycles. The second-order valence-electron chi connectivity index (χ2n) is 9.04. The summed E-state index contributed by atoms with van der Waals surface area (Å²) >= 11 is 8.78. The number of nitrogens with zero attached hydrogens (tertiary/aromatic N) is 2. The molecule has 3 heterocycles. The van der Waals surface area contributed by atoms with Crippen molar-refractivity contribution in [2.24, 2.45) is 5.92 Å². The van der Waals surface area contributed by atoms with E-state index in [1.165, 1.54) is 14.7 Å². The minimum absolute atomic E-state index is 0.000480. The summed E-state index contributed by atoms with van der Waals surface area (Å²) in [7, 11) is 0. The number of carbonyl (C=O) groups excluding carboxylic acids is 1. The molecule has 0 spiro atoms. The number of rotatable bonds is 4. The van der Waals surface area contributed by atoms with Gasteiger partial charge in [-0.05, 0) is 12.5 Å². The van der Waals surface area contributed by atoms with Gasteiger partial charge in [0, 0.05) is 18.2 Å². The number of anilines is 1. The van der Waals surface area contributed by atoms with Crippen LogP contribution in [0.5, 0.6) is 11.5 Å². The van der Waals surface area contributed by atoms with Gasteiger partial charge in [0.1, 0.15) is 5.82 Å². The maximum atomic E-state index is 11.7. The molecule has 1 unspecified atom stereocenters. The van der Waals surface area contributed by atoms with Gasteiger partial charge in [0.25, 0.3) is 0 Å². The molecule has 2 aliphatic carbocycles. The molecule has 2 N–H and O–H groups in total. The number of nitrogens with one attached hydrogen (secondary N) is 2. The number of ether oxygens (including phenoxy) is 1. The Labute approximate surface area is 220 Å². The van der Waals surface area contributed by atoms with Gasteiger partial charge in [0.15, 0.2) is 0 Å². The summed E-state index contributed by atoms with van der Waals surface area (Å²) < 4.78 is 7.53. The predicted molar refractivity (Wildman–Crippen MR) is 134 cm³/mol. The first-order valence-electron chi connectivity index (χ1n) is 11.1. The van der Waals surface area contributed by atoms with Crippen molar-refractivity contribution in [1.82, 2.24) is 15.0 Å². The van der Waals surface area contributed by atoms with Crippen molar-refractivity contribution in [3.8, 4) is 11.5 Å². The summed E-state index contributed by atoms with van der Waals surface area (Å²) in [6.45, 7) is 0. The molecule has 7 rings (SSSR count).